The standard InChI is InChI=1S/C40H23BN2S/c1-3-12-26-24(9-1)11-7-18-33(26)42-35-23-36-30(21-22-44-36)37-31-16-8-15-29-28-14-5-6-17-34(28)43(39(29)31)41(38(35)37)32-20-19-25-10-2-4-13-27(25)40(32)42/h1-23H. The van der Waals surface area contributed by atoms with Crippen molar-refractivity contribution >= 4 is 99.6 Å². The highest BCUT2D eigenvalue weighted by atomic mass is 32.1. The van der Waals surface area contributed by atoms with Crippen LogP contribution in [0.1, 0.15) is 0 Å². The van der Waals surface area contributed by atoms with E-state index < -0.39 is 0 Å². The molecule has 0 amide bonds. The third-order valence-corrected chi connectivity index (χ3v) is 10.9. The lowest BCUT2D eigenvalue weighted by Crippen LogP contribution is -2.56. The van der Waals surface area contributed by atoms with Crippen LogP contribution in [0.25, 0.3) is 64.6 Å². The molecule has 2 aliphatic heterocycles. The number of para-hydroxylation sites is 2. The van der Waals surface area contributed by atoms with Crippen molar-refractivity contribution in [2.75, 3.05) is 4.90 Å². The van der Waals surface area contributed by atoms with Crippen molar-refractivity contribution in [2.24, 2.45) is 0 Å². The van der Waals surface area contributed by atoms with Gasteiger partial charge in [-0.15, -0.1) is 11.3 Å². The first-order valence-electron chi connectivity index (χ1n) is 15.2. The molecular weight excluding hydrogens is 551 g/mol. The van der Waals surface area contributed by atoms with Gasteiger partial charge in [-0.05, 0) is 56.9 Å². The SMILES string of the molecule is c1ccc2c(N3c4cc5sccc5c5c4B(c4ccc6ccccc6c43)n3c4ccccc4c4cccc-5c43)cccc2c1. The fourth-order valence-electron chi connectivity index (χ4n) is 8.33. The summed E-state index contributed by atoms with van der Waals surface area (Å²) in [4.78, 5) is 2.59. The monoisotopic (exact) mass is 574 g/mol. The second-order valence-corrected chi connectivity index (χ2v) is 13.0. The van der Waals surface area contributed by atoms with Gasteiger partial charge in [0.25, 0.3) is 0 Å². The van der Waals surface area contributed by atoms with Gasteiger partial charge < -0.3 is 9.38 Å². The van der Waals surface area contributed by atoms with Crippen LogP contribution in [0.15, 0.2) is 139 Å². The first-order chi connectivity index (χ1) is 21.9. The minimum absolute atomic E-state index is 0.0485. The number of aromatic nitrogens is 1. The normalized spacial score (nSPS) is 13.4. The number of benzene rings is 7. The maximum Gasteiger partial charge on any atom is 0.333 e. The van der Waals surface area contributed by atoms with E-state index in [1.807, 2.05) is 11.3 Å². The number of nitrogens with zero attached hydrogens (tertiary/aromatic N) is 2. The Morgan fingerprint density at radius 3 is 2.18 bits per heavy atom. The van der Waals surface area contributed by atoms with Crippen molar-refractivity contribution in [3.8, 4) is 11.1 Å². The number of hydrogen-bond donors (Lipinski definition) is 0. The molecular formula is C40H23BN2S. The van der Waals surface area contributed by atoms with Crippen LogP contribution < -0.4 is 15.8 Å². The van der Waals surface area contributed by atoms with E-state index in [-0.39, 0.29) is 6.85 Å². The van der Waals surface area contributed by atoms with Gasteiger partial charge in [0.2, 0.25) is 0 Å². The average molecular weight is 575 g/mol. The van der Waals surface area contributed by atoms with Gasteiger partial charge in [-0.1, -0.05) is 109 Å². The fraction of sp³-hybridized carbons (Fsp3) is 0. The molecule has 9 aromatic rings. The molecule has 0 aliphatic carbocycles. The smallest absolute Gasteiger partial charge is 0.333 e. The van der Waals surface area contributed by atoms with Gasteiger partial charge in [0.1, 0.15) is 0 Å². The third kappa shape index (κ3) is 2.74. The van der Waals surface area contributed by atoms with Crippen LogP contribution in [0.5, 0.6) is 0 Å². The summed E-state index contributed by atoms with van der Waals surface area (Å²) in [5.41, 5.74) is 11.9. The number of anilines is 3. The molecule has 0 atom stereocenters. The van der Waals surface area contributed by atoms with Gasteiger partial charge in [-0.3, -0.25) is 0 Å². The second-order valence-electron chi connectivity index (χ2n) is 12.1. The van der Waals surface area contributed by atoms with Gasteiger partial charge >= 0.3 is 6.85 Å². The molecule has 11 rings (SSSR count). The quantitative estimate of drug-likeness (QED) is 0.177. The van der Waals surface area contributed by atoms with Crippen molar-refractivity contribution in [2.45, 2.75) is 0 Å². The number of thiophene rings is 1. The van der Waals surface area contributed by atoms with Crippen molar-refractivity contribution in [1.82, 2.24) is 4.48 Å². The molecule has 2 aromatic heterocycles. The molecule has 0 N–H and O–H groups in total. The molecule has 44 heavy (non-hydrogen) atoms. The third-order valence-electron chi connectivity index (χ3n) is 10.0. The molecule has 0 unspecified atom stereocenters. The number of fused-ring (bicyclic) bond motifs is 12. The molecule has 2 aliphatic rings. The predicted octanol–water partition coefficient (Wildman–Crippen LogP) is 9.73. The summed E-state index contributed by atoms with van der Waals surface area (Å²) in [6.45, 7) is 0.0485. The van der Waals surface area contributed by atoms with Crippen molar-refractivity contribution < 1.29 is 0 Å². The Bertz CT molecular complexity index is 2690. The van der Waals surface area contributed by atoms with Crippen LogP contribution in [0.3, 0.4) is 0 Å². The summed E-state index contributed by atoms with van der Waals surface area (Å²) in [6.07, 6.45) is 0. The lowest BCUT2D eigenvalue weighted by Gasteiger charge is -2.41. The summed E-state index contributed by atoms with van der Waals surface area (Å²) in [6, 6.07) is 49.9. The van der Waals surface area contributed by atoms with E-state index in [0.717, 1.165) is 0 Å². The van der Waals surface area contributed by atoms with Crippen LogP contribution >= 0.6 is 11.3 Å². The maximum absolute atomic E-state index is 2.65. The Labute approximate surface area is 258 Å². The van der Waals surface area contributed by atoms with Crippen LogP contribution in [-0.2, 0) is 0 Å². The molecule has 0 saturated carbocycles. The topological polar surface area (TPSA) is 8.17 Å². The Hall–Kier alpha value is -5.32. The highest BCUT2D eigenvalue weighted by Gasteiger charge is 2.44. The summed E-state index contributed by atoms with van der Waals surface area (Å²) >= 11 is 1.84. The average Bonchev–Trinajstić information content (AvgIpc) is 3.69. The summed E-state index contributed by atoms with van der Waals surface area (Å²) in [5, 5.41) is 11.3. The van der Waals surface area contributed by atoms with Gasteiger partial charge in [0.05, 0.1) is 11.4 Å². The van der Waals surface area contributed by atoms with E-state index in [1.165, 1.54) is 92.6 Å². The fourth-order valence-corrected chi connectivity index (χ4v) is 9.16. The zero-order valence-corrected chi connectivity index (χ0v) is 24.5. The van der Waals surface area contributed by atoms with Crippen LogP contribution in [0, 0.1) is 0 Å². The van der Waals surface area contributed by atoms with E-state index in [2.05, 4.69) is 148 Å². The van der Waals surface area contributed by atoms with Crippen LogP contribution in [-0.4, -0.2) is 11.3 Å². The zero-order chi connectivity index (χ0) is 28.5. The Balaban J connectivity index is 1.41. The molecule has 4 heteroatoms. The first-order valence-corrected chi connectivity index (χ1v) is 16.1. The summed E-state index contributed by atoms with van der Waals surface area (Å²) in [7, 11) is 0. The highest BCUT2D eigenvalue weighted by molar-refractivity contribution is 7.17. The molecule has 0 spiro atoms. The Kier molecular flexibility index (Phi) is 4.32. The van der Waals surface area contributed by atoms with E-state index in [0.29, 0.717) is 0 Å². The van der Waals surface area contributed by atoms with E-state index >= 15 is 0 Å². The summed E-state index contributed by atoms with van der Waals surface area (Å²) < 4.78 is 3.98. The highest BCUT2D eigenvalue weighted by Crippen LogP contribution is 2.50. The molecule has 202 valence electrons. The van der Waals surface area contributed by atoms with Gasteiger partial charge in [0, 0.05) is 53.9 Å². The van der Waals surface area contributed by atoms with Crippen LogP contribution in [0.2, 0.25) is 0 Å². The molecule has 0 bridgehead atoms. The molecule has 7 aromatic carbocycles. The van der Waals surface area contributed by atoms with Crippen LogP contribution in [0.4, 0.5) is 17.1 Å². The number of rotatable bonds is 1. The largest absolute Gasteiger partial charge is 0.375 e. The molecule has 2 nitrogen and oxygen atoms in total. The maximum atomic E-state index is 2.65. The van der Waals surface area contributed by atoms with E-state index in [1.54, 1.807) is 0 Å². The first kappa shape index (κ1) is 23.2. The molecule has 0 saturated heterocycles. The Morgan fingerprint density at radius 2 is 1.27 bits per heavy atom. The van der Waals surface area contributed by atoms with Crippen molar-refractivity contribution in [1.29, 1.82) is 0 Å². The lowest BCUT2D eigenvalue weighted by molar-refractivity contribution is 1.28. The summed E-state index contributed by atoms with van der Waals surface area (Å²) in [5.74, 6) is 0. The van der Waals surface area contributed by atoms with E-state index in [4.69, 9.17) is 0 Å². The molecule has 4 heterocycles. The predicted molar refractivity (Wildman–Crippen MR) is 190 cm³/mol. The molecule has 0 fully saturated rings. The minimum Gasteiger partial charge on any atom is -0.375 e. The Morgan fingerprint density at radius 1 is 0.545 bits per heavy atom. The van der Waals surface area contributed by atoms with Gasteiger partial charge in [-0.2, -0.15) is 0 Å². The van der Waals surface area contributed by atoms with Gasteiger partial charge in [0.15, 0.2) is 0 Å². The van der Waals surface area contributed by atoms with Crippen molar-refractivity contribution in [3.05, 3.63) is 139 Å². The second kappa shape index (κ2) is 8.19. The lowest BCUT2D eigenvalue weighted by atomic mass is 9.44. The van der Waals surface area contributed by atoms with E-state index in [9.17, 15) is 0 Å². The van der Waals surface area contributed by atoms with Gasteiger partial charge in [-0.25, -0.2) is 0 Å². The van der Waals surface area contributed by atoms with Crippen molar-refractivity contribution in [3.63, 3.8) is 0 Å². The minimum atomic E-state index is 0.0485. The number of hydrogen-bond acceptors (Lipinski definition) is 2. The zero-order valence-electron chi connectivity index (χ0n) is 23.7. The molecule has 0 radical (unpaired) electrons.